The van der Waals surface area contributed by atoms with E-state index in [9.17, 15) is 9.18 Å². The van der Waals surface area contributed by atoms with Gasteiger partial charge in [0.25, 0.3) is 0 Å². The second kappa shape index (κ2) is 12.5. The Kier molecular flexibility index (Phi) is 8.19. The van der Waals surface area contributed by atoms with Crippen molar-refractivity contribution in [3.05, 3.63) is 65.5 Å². The van der Waals surface area contributed by atoms with E-state index in [1.54, 1.807) is 30.6 Å². The summed E-state index contributed by atoms with van der Waals surface area (Å²) in [7, 11) is 0. The van der Waals surface area contributed by atoms with E-state index in [0.717, 1.165) is 25.9 Å². The van der Waals surface area contributed by atoms with Gasteiger partial charge in [0.2, 0.25) is 5.95 Å². The molecule has 4 aromatic rings. The predicted octanol–water partition coefficient (Wildman–Crippen LogP) is 4.88. The number of urea groups is 1. The predicted molar refractivity (Wildman–Crippen MR) is 157 cm³/mol. The minimum atomic E-state index is -0.593. The van der Waals surface area contributed by atoms with E-state index < -0.39 is 11.8 Å². The maximum absolute atomic E-state index is 13.7. The molecule has 0 radical (unpaired) electrons. The third-order valence-corrected chi connectivity index (χ3v) is 7.07. The van der Waals surface area contributed by atoms with Crippen LogP contribution in [-0.2, 0) is 4.74 Å². The Morgan fingerprint density at radius 3 is 2.74 bits per heavy atom. The molecule has 2 aromatic carbocycles. The van der Waals surface area contributed by atoms with Crippen molar-refractivity contribution in [2.24, 2.45) is 5.10 Å². The Labute approximate surface area is 245 Å². The number of benzene rings is 2. The van der Waals surface area contributed by atoms with Crippen LogP contribution in [0.5, 0.6) is 5.75 Å². The molecule has 2 aromatic heterocycles. The topological polar surface area (TPSA) is 139 Å². The first kappa shape index (κ1) is 27.5. The SMILES string of the molecule is O=C(N/N=C/c1cnc(N2CCCC2)nc1)Nc1cc2c(Nc3ccc(F)c(Cl)c3)ncnc2cc1O[C@H]1CCOC1. The van der Waals surface area contributed by atoms with Gasteiger partial charge in [-0.1, -0.05) is 11.6 Å². The highest BCUT2D eigenvalue weighted by Gasteiger charge is 2.21. The second-order valence-electron chi connectivity index (χ2n) is 9.78. The van der Waals surface area contributed by atoms with Crippen LogP contribution in [-0.4, -0.2) is 64.6 Å². The van der Waals surface area contributed by atoms with Crippen LogP contribution in [0, 0.1) is 5.82 Å². The normalized spacial score (nSPS) is 16.7. The molecule has 0 unspecified atom stereocenters. The molecule has 0 aliphatic carbocycles. The van der Waals surface area contributed by atoms with Gasteiger partial charge in [-0.05, 0) is 37.1 Å². The molecular weight excluding hydrogens is 565 g/mol. The summed E-state index contributed by atoms with van der Waals surface area (Å²) in [4.78, 5) is 32.5. The number of fused-ring (bicyclic) bond motifs is 1. The van der Waals surface area contributed by atoms with Crippen LogP contribution >= 0.6 is 11.6 Å². The number of hydrogen-bond donors (Lipinski definition) is 3. The van der Waals surface area contributed by atoms with Gasteiger partial charge >= 0.3 is 6.03 Å². The maximum Gasteiger partial charge on any atom is 0.339 e. The molecule has 6 rings (SSSR count). The Morgan fingerprint density at radius 1 is 1.14 bits per heavy atom. The number of rotatable bonds is 8. The first-order valence-corrected chi connectivity index (χ1v) is 13.8. The molecule has 0 saturated carbocycles. The molecule has 2 amide bonds. The molecule has 42 heavy (non-hydrogen) atoms. The van der Waals surface area contributed by atoms with Crippen LogP contribution < -0.4 is 25.7 Å². The minimum absolute atomic E-state index is 0.0264. The lowest BCUT2D eigenvalue weighted by molar-refractivity contribution is 0.142. The largest absolute Gasteiger partial charge is 0.486 e. The molecule has 0 bridgehead atoms. The molecule has 2 saturated heterocycles. The highest BCUT2D eigenvalue weighted by atomic mass is 35.5. The molecule has 2 fully saturated rings. The van der Waals surface area contributed by atoms with E-state index in [4.69, 9.17) is 21.1 Å². The molecule has 12 nitrogen and oxygen atoms in total. The zero-order valence-corrected chi connectivity index (χ0v) is 23.1. The van der Waals surface area contributed by atoms with Crippen molar-refractivity contribution in [3.63, 3.8) is 0 Å². The van der Waals surface area contributed by atoms with E-state index in [0.29, 0.717) is 65.0 Å². The lowest BCUT2D eigenvalue weighted by atomic mass is 10.1. The Morgan fingerprint density at radius 2 is 1.98 bits per heavy atom. The molecule has 3 N–H and O–H groups in total. The van der Waals surface area contributed by atoms with E-state index in [-0.39, 0.29) is 11.1 Å². The maximum atomic E-state index is 13.7. The van der Waals surface area contributed by atoms with Crippen molar-refractivity contribution in [3.8, 4) is 5.75 Å². The Hall–Kier alpha value is -4.62. The lowest BCUT2D eigenvalue weighted by Gasteiger charge is -2.18. The molecule has 216 valence electrons. The average molecular weight is 592 g/mol. The van der Waals surface area contributed by atoms with Gasteiger partial charge in [0.1, 0.15) is 29.8 Å². The summed E-state index contributed by atoms with van der Waals surface area (Å²) in [5.74, 6) is 1.00. The van der Waals surface area contributed by atoms with Gasteiger partial charge in [-0.25, -0.2) is 34.5 Å². The first-order chi connectivity index (χ1) is 20.5. The summed E-state index contributed by atoms with van der Waals surface area (Å²) < 4.78 is 25.3. The van der Waals surface area contributed by atoms with Gasteiger partial charge in [-0.3, -0.25) is 0 Å². The third kappa shape index (κ3) is 6.47. The number of hydrazone groups is 1. The summed E-state index contributed by atoms with van der Waals surface area (Å²) in [6, 6.07) is 7.08. The quantitative estimate of drug-likeness (QED) is 0.193. The van der Waals surface area contributed by atoms with Crippen molar-refractivity contribution in [1.82, 2.24) is 25.4 Å². The summed E-state index contributed by atoms with van der Waals surface area (Å²) in [5.41, 5.74) is 4.57. The summed E-state index contributed by atoms with van der Waals surface area (Å²) in [6.07, 6.45) is 8.99. The van der Waals surface area contributed by atoms with Crippen LogP contribution in [0.3, 0.4) is 0 Å². The number of nitrogens with zero attached hydrogens (tertiary/aromatic N) is 6. The molecule has 1 atom stereocenters. The number of amides is 2. The van der Waals surface area contributed by atoms with Crippen molar-refractivity contribution in [1.29, 1.82) is 0 Å². The molecule has 14 heteroatoms. The lowest BCUT2D eigenvalue weighted by Crippen LogP contribution is -2.25. The highest BCUT2D eigenvalue weighted by molar-refractivity contribution is 6.31. The fraction of sp³-hybridized carbons (Fsp3) is 0.286. The Bertz CT molecular complexity index is 1610. The monoisotopic (exact) mass is 591 g/mol. The molecular formula is C28H27ClFN9O3. The number of carbonyl (C=O) groups excluding carboxylic acids is 1. The number of ether oxygens (including phenoxy) is 2. The third-order valence-electron chi connectivity index (χ3n) is 6.78. The fourth-order valence-corrected chi connectivity index (χ4v) is 4.85. The Balaban J connectivity index is 1.21. The van der Waals surface area contributed by atoms with Crippen molar-refractivity contribution >= 4 is 57.9 Å². The second-order valence-corrected chi connectivity index (χ2v) is 10.2. The highest BCUT2D eigenvalue weighted by Crippen LogP contribution is 2.35. The zero-order chi connectivity index (χ0) is 28.9. The van der Waals surface area contributed by atoms with Gasteiger partial charge in [0.15, 0.2) is 0 Å². The number of nitrogens with one attached hydrogen (secondary N) is 3. The fourth-order valence-electron chi connectivity index (χ4n) is 4.67. The molecule has 0 spiro atoms. The first-order valence-electron chi connectivity index (χ1n) is 13.4. The average Bonchev–Trinajstić information content (AvgIpc) is 3.71. The van der Waals surface area contributed by atoms with E-state index in [2.05, 4.69) is 46.0 Å². The van der Waals surface area contributed by atoms with Gasteiger partial charge in [-0.15, -0.1) is 0 Å². The van der Waals surface area contributed by atoms with Crippen molar-refractivity contribution in [2.45, 2.75) is 25.4 Å². The number of hydrogen-bond acceptors (Lipinski definition) is 10. The van der Waals surface area contributed by atoms with Gasteiger partial charge in [0, 0.05) is 54.6 Å². The van der Waals surface area contributed by atoms with Gasteiger partial charge in [-0.2, -0.15) is 5.10 Å². The smallest absolute Gasteiger partial charge is 0.339 e. The van der Waals surface area contributed by atoms with Crippen LogP contribution in [0.1, 0.15) is 24.8 Å². The van der Waals surface area contributed by atoms with Crippen molar-refractivity contribution in [2.75, 3.05) is 41.8 Å². The summed E-state index contributed by atoms with van der Waals surface area (Å²) >= 11 is 5.95. The number of aromatic nitrogens is 4. The van der Waals surface area contributed by atoms with Gasteiger partial charge < -0.3 is 25.0 Å². The van der Waals surface area contributed by atoms with Crippen LogP contribution in [0.15, 0.2) is 54.2 Å². The van der Waals surface area contributed by atoms with Gasteiger partial charge in [0.05, 0.1) is 35.7 Å². The molecule has 2 aliphatic heterocycles. The van der Waals surface area contributed by atoms with Crippen LogP contribution in [0.25, 0.3) is 10.9 Å². The van der Waals surface area contributed by atoms with Crippen LogP contribution in [0.4, 0.5) is 32.3 Å². The summed E-state index contributed by atoms with van der Waals surface area (Å²) in [5, 5.41) is 10.5. The van der Waals surface area contributed by atoms with E-state index >= 15 is 0 Å². The van der Waals surface area contributed by atoms with E-state index in [1.807, 2.05) is 0 Å². The number of anilines is 4. The molecule has 2 aliphatic rings. The zero-order valence-electron chi connectivity index (χ0n) is 22.4. The number of carbonyl (C=O) groups is 1. The van der Waals surface area contributed by atoms with E-state index in [1.165, 1.54) is 24.7 Å². The van der Waals surface area contributed by atoms with Crippen molar-refractivity contribution < 1.29 is 18.7 Å². The summed E-state index contributed by atoms with van der Waals surface area (Å²) in [6.45, 7) is 2.94. The van der Waals surface area contributed by atoms with Crippen LogP contribution in [0.2, 0.25) is 5.02 Å². The molecule has 4 heterocycles. The number of halogens is 2. The minimum Gasteiger partial charge on any atom is -0.486 e. The standard InChI is InChI=1S/C28H27ClFN9O3/c29-21-9-18(3-4-22(21)30)36-26-20-10-24(25(11-23(20)33-16-34-26)42-19-5-8-41-15-19)37-28(40)38-35-14-17-12-31-27(32-13-17)39-6-1-2-7-39/h3-4,9-14,16,19H,1-2,5-8,15H2,(H,33,34,36)(H2,37,38,40)/b35-14+/t19-/m0/s1.